The summed E-state index contributed by atoms with van der Waals surface area (Å²) >= 11 is 0. The van der Waals surface area contributed by atoms with E-state index in [0.717, 1.165) is 11.3 Å². The van der Waals surface area contributed by atoms with Gasteiger partial charge < -0.3 is 4.74 Å². The van der Waals surface area contributed by atoms with Gasteiger partial charge in [-0.25, -0.2) is 0 Å². The number of rotatable bonds is 5. The molecule has 0 atom stereocenters. The highest BCUT2D eigenvalue weighted by molar-refractivity contribution is 5.78. The van der Waals surface area contributed by atoms with Gasteiger partial charge in [0.2, 0.25) is 0 Å². The Hall–Kier alpha value is -2.09. The normalized spacial score (nSPS) is 13.0. The molecule has 108 valence electrons. The third kappa shape index (κ3) is 3.52. The van der Waals surface area contributed by atoms with E-state index in [0.29, 0.717) is 13.0 Å². The molecule has 0 aromatic heterocycles. The van der Waals surface area contributed by atoms with E-state index >= 15 is 0 Å². The molecule has 21 heavy (non-hydrogen) atoms. The molecule has 2 nitrogen and oxygen atoms in total. The summed E-state index contributed by atoms with van der Waals surface area (Å²) in [6, 6.07) is 14.5. The Morgan fingerprint density at radius 1 is 1.00 bits per heavy atom. The Morgan fingerprint density at radius 2 is 1.71 bits per heavy atom. The van der Waals surface area contributed by atoms with Gasteiger partial charge in [-0.1, -0.05) is 30.3 Å². The largest absolute Gasteiger partial charge is 0.489 e. The Labute approximate surface area is 125 Å². The maximum atomic E-state index is 11.1. The molecule has 0 aliphatic heterocycles. The Kier molecular flexibility index (Phi) is 4.05. The third-order valence-electron chi connectivity index (χ3n) is 3.94. The van der Waals surface area contributed by atoms with E-state index in [9.17, 15) is 4.79 Å². The molecular weight excluding hydrogens is 260 g/mol. The van der Waals surface area contributed by atoms with Crippen LogP contribution >= 0.6 is 0 Å². The predicted octanol–water partition coefficient (Wildman–Crippen LogP) is 3.89. The van der Waals surface area contributed by atoms with Crippen molar-refractivity contribution in [3.8, 4) is 5.75 Å². The van der Waals surface area contributed by atoms with Crippen molar-refractivity contribution in [1.82, 2.24) is 0 Å². The summed E-state index contributed by atoms with van der Waals surface area (Å²) in [5.74, 6) is 1.03. The number of benzene rings is 2. The molecule has 0 saturated heterocycles. The smallest absolute Gasteiger partial charge is 0.134 e. The van der Waals surface area contributed by atoms with Crippen molar-refractivity contribution in [2.45, 2.75) is 39.2 Å². The number of Topliss-reactive ketones (excluding diaryl/α,β-unsaturated/α-hetero) is 1. The second-order valence-corrected chi connectivity index (χ2v) is 5.77. The lowest BCUT2D eigenvalue weighted by Crippen LogP contribution is -1.98. The van der Waals surface area contributed by atoms with Crippen molar-refractivity contribution < 1.29 is 9.53 Å². The first-order valence-electron chi connectivity index (χ1n) is 7.52. The highest BCUT2D eigenvalue weighted by Crippen LogP contribution is 2.23. The Bertz CT molecular complexity index is 641. The molecule has 1 aliphatic rings. The molecule has 2 aromatic rings. The van der Waals surface area contributed by atoms with Crippen LogP contribution in [-0.2, 0) is 30.7 Å². The number of aryl methyl sites for hydroxylation is 2. The summed E-state index contributed by atoms with van der Waals surface area (Å²) in [6.07, 6.45) is 4.18. The van der Waals surface area contributed by atoms with Crippen molar-refractivity contribution in [2.75, 3.05) is 0 Å². The summed E-state index contributed by atoms with van der Waals surface area (Å²) in [5, 5.41) is 0. The fraction of sp³-hybridized carbons (Fsp3) is 0.316. The van der Waals surface area contributed by atoms with E-state index in [1.165, 1.54) is 36.0 Å². The molecule has 0 amide bonds. The summed E-state index contributed by atoms with van der Waals surface area (Å²) in [5.41, 5.74) is 5.23. The van der Waals surface area contributed by atoms with Crippen LogP contribution in [0, 0.1) is 0 Å². The van der Waals surface area contributed by atoms with E-state index in [4.69, 9.17) is 4.74 Å². The van der Waals surface area contributed by atoms with Crippen LogP contribution < -0.4 is 4.74 Å². The molecule has 2 aromatic carbocycles. The van der Waals surface area contributed by atoms with Crippen molar-refractivity contribution in [3.63, 3.8) is 0 Å². The maximum Gasteiger partial charge on any atom is 0.134 e. The number of ketones is 1. The molecule has 0 N–H and O–H groups in total. The van der Waals surface area contributed by atoms with Crippen LogP contribution in [-0.4, -0.2) is 5.78 Å². The summed E-state index contributed by atoms with van der Waals surface area (Å²) < 4.78 is 5.83. The lowest BCUT2D eigenvalue weighted by Gasteiger charge is -2.08. The van der Waals surface area contributed by atoms with Crippen LogP contribution in [0.2, 0.25) is 0 Å². The van der Waals surface area contributed by atoms with Crippen molar-refractivity contribution in [3.05, 3.63) is 64.7 Å². The fourth-order valence-electron chi connectivity index (χ4n) is 2.87. The fourth-order valence-corrected chi connectivity index (χ4v) is 2.87. The van der Waals surface area contributed by atoms with Gasteiger partial charge in [-0.3, -0.25) is 4.79 Å². The first kappa shape index (κ1) is 13.9. The molecule has 3 rings (SSSR count). The van der Waals surface area contributed by atoms with E-state index in [1.807, 2.05) is 24.3 Å². The second kappa shape index (κ2) is 6.13. The molecule has 1 aliphatic carbocycles. The quantitative estimate of drug-likeness (QED) is 0.830. The highest BCUT2D eigenvalue weighted by atomic mass is 16.5. The van der Waals surface area contributed by atoms with Crippen LogP contribution in [0.5, 0.6) is 5.75 Å². The van der Waals surface area contributed by atoms with Gasteiger partial charge in [-0.2, -0.15) is 0 Å². The van der Waals surface area contributed by atoms with Gasteiger partial charge in [-0.15, -0.1) is 0 Å². The zero-order valence-electron chi connectivity index (χ0n) is 12.4. The number of carbonyl (C=O) groups is 1. The van der Waals surface area contributed by atoms with E-state index < -0.39 is 0 Å². The molecule has 0 bridgehead atoms. The molecule has 0 radical (unpaired) electrons. The topological polar surface area (TPSA) is 26.3 Å². The standard InChI is InChI=1S/C19H20O2/c1-14(20)11-15-6-9-19(10-7-15)21-13-16-5-8-17-3-2-4-18(17)12-16/h5-10,12H,2-4,11,13H2,1H3. The van der Waals surface area contributed by atoms with Crippen molar-refractivity contribution in [2.24, 2.45) is 0 Å². The maximum absolute atomic E-state index is 11.1. The first-order chi connectivity index (χ1) is 10.2. The first-order valence-corrected chi connectivity index (χ1v) is 7.52. The Balaban J connectivity index is 1.61. The van der Waals surface area contributed by atoms with Gasteiger partial charge >= 0.3 is 0 Å². The number of hydrogen-bond acceptors (Lipinski definition) is 2. The Morgan fingerprint density at radius 3 is 2.48 bits per heavy atom. The molecule has 0 spiro atoms. The average molecular weight is 280 g/mol. The third-order valence-corrected chi connectivity index (χ3v) is 3.94. The van der Waals surface area contributed by atoms with E-state index in [2.05, 4.69) is 18.2 Å². The van der Waals surface area contributed by atoms with Crippen LogP contribution in [0.3, 0.4) is 0 Å². The molecule has 2 heteroatoms. The second-order valence-electron chi connectivity index (χ2n) is 5.77. The minimum Gasteiger partial charge on any atom is -0.489 e. The summed E-state index contributed by atoms with van der Waals surface area (Å²) in [6.45, 7) is 2.21. The van der Waals surface area contributed by atoms with Crippen molar-refractivity contribution >= 4 is 5.78 Å². The molecule has 0 unspecified atom stereocenters. The van der Waals surface area contributed by atoms with Crippen LogP contribution in [0.1, 0.15) is 35.6 Å². The zero-order chi connectivity index (χ0) is 14.7. The lowest BCUT2D eigenvalue weighted by molar-refractivity contribution is -0.116. The lowest BCUT2D eigenvalue weighted by atomic mass is 10.1. The van der Waals surface area contributed by atoms with Gasteiger partial charge in [-0.05, 0) is 60.6 Å². The van der Waals surface area contributed by atoms with Gasteiger partial charge in [0.1, 0.15) is 18.1 Å². The van der Waals surface area contributed by atoms with Crippen LogP contribution in [0.4, 0.5) is 0 Å². The monoisotopic (exact) mass is 280 g/mol. The minimum absolute atomic E-state index is 0.182. The number of carbonyl (C=O) groups excluding carboxylic acids is 1. The van der Waals surface area contributed by atoms with Gasteiger partial charge in [0.15, 0.2) is 0 Å². The molecule has 0 heterocycles. The number of fused-ring (bicyclic) bond motifs is 1. The van der Waals surface area contributed by atoms with Crippen molar-refractivity contribution in [1.29, 1.82) is 0 Å². The molecule has 0 saturated carbocycles. The molecular formula is C19H20O2. The highest BCUT2D eigenvalue weighted by Gasteiger charge is 2.10. The summed E-state index contributed by atoms with van der Waals surface area (Å²) in [7, 11) is 0. The zero-order valence-corrected chi connectivity index (χ0v) is 12.4. The van der Waals surface area contributed by atoms with Gasteiger partial charge in [0.25, 0.3) is 0 Å². The van der Waals surface area contributed by atoms with Gasteiger partial charge in [0, 0.05) is 6.42 Å². The van der Waals surface area contributed by atoms with E-state index in [-0.39, 0.29) is 5.78 Å². The predicted molar refractivity (Wildman–Crippen MR) is 83.6 cm³/mol. The summed E-state index contributed by atoms with van der Waals surface area (Å²) in [4.78, 5) is 11.1. The van der Waals surface area contributed by atoms with E-state index in [1.54, 1.807) is 6.92 Å². The minimum atomic E-state index is 0.182. The number of ether oxygens (including phenoxy) is 1. The average Bonchev–Trinajstić information content (AvgIpc) is 2.93. The molecule has 0 fully saturated rings. The van der Waals surface area contributed by atoms with Gasteiger partial charge in [0.05, 0.1) is 0 Å². The SMILES string of the molecule is CC(=O)Cc1ccc(OCc2ccc3c(c2)CCC3)cc1. The van der Waals surface area contributed by atoms with Crippen LogP contribution in [0.15, 0.2) is 42.5 Å². The number of hydrogen-bond donors (Lipinski definition) is 0. The van der Waals surface area contributed by atoms with Crippen LogP contribution in [0.25, 0.3) is 0 Å².